The molecule has 152 valence electrons. The maximum absolute atomic E-state index is 13.7. The summed E-state index contributed by atoms with van der Waals surface area (Å²) in [6.45, 7) is -0.141. The van der Waals surface area contributed by atoms with Crippen LogP contribution in [0.5, 0.6) is 17.2 Å². The smallest absolute Gasteiger partial charge is 0.295 e. The Labute approximate surface area is 171 Å². The first-order valence-corrected chi connectivity index (χ1v) is 9.34. The highest BCUT2D eigenvalue weighted by Gasteiger charge is 2.35. The average molecular weight is 418 g/mol. The molecule has 0 spiro atoms. The van der Waals surface area contributed by atoms with Crippen molar-refractivity contribution in [2.45, 2.75) is 0 Å². The fourth-order valence-corrected chi connectivity index (χ4v) is 3.58. The second-order valence-corrected chi connectivity index (χ2v) is 6.88. The minimum absolute atomic E-state index is 0.141. The molecule has 1 aliphatic rings. The Balaban J connectivity index is 1.82. The molecule has 3 rings (SSSR count). The van der Waals surface area contributed by atoms with Gasteiger partial charge in [0.25, 0.3) is 11.1 Å². The topological polar surface area (TPSA) is 77.1 Å². The van der Waals surface area contributed by atoms with Crippen LogP contribution >= 0.6 is 11.8 Å². The average Bonchev–Trinajstić information content (AvgIpc) is 2.99. The van der Waals surface area contributed by atoms with Crippen molar-refractivity contribution in [1.29, 1.82) is 0 Å². The van der Waals surface area contributed by atoms with Crippen LogP contribution in [0.3, 0.4) is 0 Å². The van der Waals surface area contributed by atoms with Gasteiger partial charge >= 0.3 is 0 Å². The molecular formula is C20H19FN2O5S. The van der Waals surface area contributed by atoms with Gasteiger partial charge in [0, 0.05) is 0 Å². The first-order chi connectivity index (χ1) is 14.0. The number of carbonyl (C=O) groups excluding carboxylic acids is 2. The van der Waals surface area contributed by atoms with E-state index in [4.69, 9.17) is 14.2 Å². The maximum atomic E-state index is 13.7. The number of hydrogen-bond donors (Lipinski definition) is 1. The normalized spacial score (nSPS) is 15.0. The second-order valence-electron chi connectivity index (χ2n) is 5.88. The molecule has 7 nitrogen and oxygen atoms in total. The van der Waals surface area contributed by atoms with E-state index in [1.54, 1.807) is 30.3 Å². The van der Waals surface area contributed by atoms with Crippen LogP contribution in [0.1, 0.15) is 5.56 Å². The zero-order chi connectivity index (χ0) is 21.0. The second kappa shape index (κ2) is 8.87. The molecule has 1 heterocycles. The molecule has 0 unspecified atom stereocenters. The van der Waals surface area contributed by atoms with Crippen LogP contribution in [0, 0.1) is 5.82 Å². The highest BCUT2D eigenvalue weighted by molar-refractivity contribution is 8.18. The fourth-order valence-electron chi connectivity index (χ4n) is 2.74. The van der Waals surface area contributed by atoms with Crippen molar-refractivity contribution in [2.75, 3.05) is 33.3 Å². The van der Waals surface area contributed by atoms with Gasteiger partial charge in [-0.25, -0.2) is 4.39 Å². The molecule has 1 fully saturated rings. The molecule has 0 saturated carbocycles. The first-order valence-electron chi connectivity index (χ1n) is 8.52. The molecule has 1 N–H and O–H groups in total. The fraction of sp³-hybridized carbons (Fsp3) is 0.200. The summed E-state index contributed by atoms with van der Waals surface area (Å²) in [7, 11) is 4.47. The molecule has 0 atom stereocenters. The Bertz CT molecular complexity index is 954. The summed E-state index contributed by atoms with van der Waals surface area (Å²) in [5, 5.41) is 2.32. The summed E-state index contributed by atoms with van der Waals surface area (Å²) in [5.74, 6) is 0.344. The van der Waals surface area contributed by atoms with E-state index in [1.165, 1.54) is 33.5 Å². The molecule has 9 heteroatoms. The van der Waals surface area contributed by atoms with E-state index in [1.807, 2.05) is 0 Å². The number of anilines is 1. The number of imide groups is 1. The summed E-state index contributed by atoms with van der Waals surface area (Å²) in [5.41, 5.74) is 0.812. The lowest BCUT2D eigenvalue weighted by molar-refractivity contribution is -0.122. The van der Waals surface area contributed by atoms with E-state index in [0.29, 0.717) is 22.8 Å². The Kier molecular flexibility index (Phi) is 6.28. The van der Waals surface area contributed by atoms with Crippen LogP contribution in [0.4, 0.5) is 14.9 Å². The van der Waals surface area contributed by atoms with Crippen LogP contribution < -0.4 is 19.5 Å². The third kappa shape index (κ3) is 4.29. The third-order valence-corrected chi connectivity index (χ3v) is 5.07. The molecule has 1 saturated heterocycles. The number of methoxy groups -OCH3 is 3. The van der Waals surface area contributed by atoms with Gasteiger partial charge in [-0.15, -0.1) is 0 Å². The number of nitrogens with zero attached hydrogens (tertiary/aromatic N) is 1. The van der Waals surface area contributed by atoms with Crippen molar-refractivity contribution in [1.82, 2.24) is 4.90 Å². The lowest BCUT2D eigenvalue weighted by atomic mass is 10.1. The minimum Gasteiger partial charge on any atom is -0.493 e. The third-order valence-electron chi connectivity index (χ3n) is 4.16. The lowest BCUT2D eigenvalue weighted by Gasteiger charge is -2.15. The number of carbonyl (C=O) groups is 2. The number of thioether (sulfide) groups is 1. The minimum atomic E-state index is -0.474. The molecule has 29 heavy (non-hydrogen) atoms. The van der Waals surface area contributed by atoms with Crippen molar-refractivity contribution in [3.05, 3.63) is 52.7 Å². The Hall–Kier alpha value is -3.20. The quantitative estimate of drug-likeness (QED) is 0.682. The summed E-state index contributed by atoms with van der Waals surface area (Å²) >= 11 is 0.805. The van der Waals surface area contributed by atoms with E-state index < -0.39 is 17.0 Å². The van der Waals surface area contributed by atoms with Gasteiger partial charge in [-0.05, 0) is 47.7 Å². The monoisotopic (exact) mass is 418 g/mol. The van der Waals surface area contributed by atoms with Crippen LogP contribution in [0.2, 0.25) is 0 Å². The van der Waals surface area contributed by atoms with Crippen molar-refractivity contribution in [2.24, 2.45) is 0 Å². The Morgan fingerprint density at radius 1 is 1.07 bits per heavy atom. The highest BCUT2D eigenvalue weighted by Crippen LogP contribution is 2.40. The van der Waals surface area contributed by atoms with Crippen LogP contribution in [0.25, 0.3) is 6.08 Å². The highest BCUT2D eigenvalue weighted by atomic mass is 32.2. The molecule has 2 aromatic carbocycles. The van der Waals surface area contributed by atoms with Crippen LogP contribution in [-0.2, 0) is 4.79 Å². The lowest BCUT2D eigenvalue weighted by Crippen LogP contribution is -2.33. The largest absolute Gasteiger partial charge is 0.493 e. The molecule has 0 aliphatic carbocycles. The Morgan fingerprint density at radius 3 is 2.31 bits per heavy atom. The van der Waals surface area contributed by atoms with Gasteiger partial charge in [-0.2, -0.15) is 0 Å². The van der Waals surface area contributed by atoms with Gasteiger partial charge in [0.05, 0.1) is 38.6 Å². The van der Waals surface area contributed by atoms with Gasteiger partial charge < -0.3 is 19.5 Å². The van der Waals surface area contributed by atoms with Gasteiger partial charge in [-0.3, -0.25) is 14.5 Å². The van der Waals surface area contributed by atoms with Gasteiger partial charge in [0.2, 0.25) is 5.75 Å². The zero-order valence-electron chi connectivity index (χ0n) is 16.0. The summed E-state index contributed by atoms with van der Waals surface area (Å²) in [6.07, 6.45) is 1.57. The standard InChI is InChI=1S/C20H19FN2O5S/c1-26-15-8-12(9-16(27-2)18(15)28-3)10-17-19(24)23(20(25)29-17)11-22-14-7-5-4-6-13(14)21/h4-10,22H,11H2,1-3H3. The summed E-state index contributed by atoms with van der Waals surface area (Å²) in [6, 6.07) is 9.38. The number of benzene rings is 2. The molecule has 2 aromatic rings. The van der Waals surface area contributed by atoms with Crippen molar-refractivity contribution in [3.8, 4) is 17.2 Å². The molecule has 0 radical (unpaired) electrons. The molecule has 1 aliphatic heterocycles. The van der Waals surface area contributed by atoms with Crippen molar-refractivity contribution < 1.29 is 28.2 Å². The van der Waals surface area contributed by atoms with Crippen LogP contribution in [-0.4, -0.2) is 44.0 Å². The zero-order valence-corrected chi connectivity index (χ0v) is 16.8. The predicted molar refractivity (Wildman–Crippen MR) is 109 cm³/mol. The van der Waals surface area contributed by atoms with E-state index in [2.05, 4.69) is 5.32 Å². The van der Waals surface area contributed by atoms with Crippen molar-refractivity contribution >= 4 is 34.7 Å². The van der Waals surface area contributed by atoms with E-state index >= 15 is 0 Å². The van der Waals surface area contributed by atoms with Gasteiger partial charge in [0.15, 0.2) is 11.5 Å². The summed E-state index contributed by atoms with van der Waals surface area (Å²) in [4.78, 5) is 26.2. The molecule has 0 aromatic heterocycles. The molecular weight excluding hydrogens is 399 g/mol. The number of rotatable bonds is 7. The summed E-state index contributed by atoms with van der Waals surface area (Å²) < 4.78 is 29.6. The number of para-hydroxylation sites is 1. The molecule has 2 amide bonds. The number of amides is 2. The number of ether oxygens (including phenoxy) is 3. The number of nitrogens with one attached hydrogen (secondary N) is 1. The van der Waals surface area contributed by atoms with Gasteiger partial charge in [-0.1, -0.05) is 12.1 Å². The SMILES string of the molecule is COc1cc(C=C2SC(=O)N(CNc3ccccc3F)C2=O)cc(OC)c1OC. The van der Waals surface area contributed by atoms with E-state index in [0.717, 1.165) is 16.7 Å². The molecule has 0 bridgehead atoms. The van der Waals surface area contributed by atoms with E-state index in [9.17, 15) is 14.0 Å². The number of hydrogen-bond acceptors (Lipinski definition) is 7. The number of halogens is 1. The Morgan fingerprint density at radius 2 is 1.72 bits per heavy atom. The van der Waals surface area contributed by atoms with Gasteiger partial charge in [0.1, 0.15) is 5.82 Å². The first kappa shape index (κ1) is 20.5. The maximum Gasteiger partial charge on any atom is 0.295 e. The van der Waals surface area contributed by atoms with E-state index in [-0.39, 0.29) is 17.3 Å². The van der Waals surface area contributed by atoms with Crippen molar-refractivity contribution in [3.63, 3.8) is 0 Å². The predicted octanol–water partition coefficient (Wildman–Crippen LogP) is 3.96. The van der Waals surface area contributed by atoms with Crippen LogP contribution in [0.15, 0.2) is 41.3 Å².